The molecule has 0 amide bonds. The molecule has 0 unspecified atom stereocenters. The Bertz CT molecular complexity index is 1080. The Morgan fingerprint density at radius 3 is 2.90 bits per heavy atom. The molecule has 30 heavy (non-hydrogen) atoms. The van der Waals surface area contributed by atoms with E-state index in [1.807, 2.05) is 24.1 Å². The van der Waals surface area contributed by atoms with Gasteiger partial charge in [-0.15, -0.1) is 10.2 Å². The van der Waals surface area contributed by atoms with E-state index in [4.69, 9.17) is 0 Å². The van der Waals surface area contributed by atoms with Gasteiger partial charge in [-0.05, 0) is 56.2 Å². The van der Waals surface area contributed by atoms with Crippen molar-refractivity contribution in [2.75, 3.05) is 11.9 Å². The first-order valence-electron chi connectivity index (χ1n) is 10.3. The number of aromatic hydroxyl groups is 1. The molecule has 156 valence electrons. The summed E-state index contributed by atoms with van der Waals surface area (Å²) in [5, 5.41) is 24.2. The predicted molar refractivity (Wildman–Crippen MR) is 113 cm³/mol. The third-order valence-corrected chi connectivity index (χ3v) is 6.58. The Kier molecular flexibility index (Phi) is 4.54. The second kappa shape index (κ2) is 7.12. The van der Waals surface area contributed by atoms with Gasteiger partial charge < -0.3 is 15.3 Å². The number of phenolic OH excluding ortho intramolecular Hbond substituents is 1. The second-order valence-corrected chi connectivity index (χ2v) is 8.77. The first-order chi connectivity index (χ1) is 14.4. The lowest BCUT2D eigenvalue weighted by molar-refractivity contribution is 0.0605. The Labute approximate surface area is 174 Å². The number of aromatic nitrogens is 4. The van der Waals surface area contributed by atoms with Crippen LogP contribution in [0.4, 0.5) is 10.3 Å². The van der Waals surface area contributed by atoms with Crippen LogP contribution < -0.4 is 10.2 Å². The molecule has 2 saturated heterocycles. The quantitative estimate of drug-likeness (QED) is 0.688. The molecule has 3 aromatic rings. The fourth-order valence-corrected chi connectivity index (χ4v) is 4.93. The minimum absolute atomic E-state index is 0.0520. The second-order valence-electron chi connectivity index (χ2n) is 8.77. The molecular formula is C22H25FN6O. The average Bonchev–Trinajstić information content (AvgIpc) is 2.75. The number of phenols is 1. The van der Waals surface area contributed by atoms with Gasteiger partial charge >= 0.3 is 0 Å². The highest BCUT2D eigenvalue weighted by Crippen LogP contribution is 2.38. The minimum Gasteiger partial charge on any atom is -0.507 e. The Morgan fingerprint density at radius 1 is 1.23 bits per heavy atom. The third kappa shape index (κ3) is 3.25. The van der Waals surface area contributed by atoms with Crippen molar-refractivity contribution < 1.29 is 9.50 Å². The van der Waals surface area contributed by atoms with Crippen LogP contribution in [0.1, 0.15) is 32.6 Å². The fourth-order valence-electron chi connectivity index (χ4n) is 4.93. The standard InChI is InChI=1S/C22H25FN6O/c1-22-6-3-4-16(26-22)20(23)18(10-22)29(2)21-25-12-17(27-28-21)15-8-13-5-7-24-11-14(13)9-19(15)30/h5,7-9,11-12,16,18,20,26,30H,3-4,6,10H2,1-2H3/t16-,18+,20+,22+/m0/s1. The van der Waals surface area contributed by atoms with Crippen molar-refractivity contribution in [3.05, 3.63) is 36.8 Å². The maximum absolute atomic E-state index is 15.2. The SMILES string of the molecule is CN(c1ncc(-c2cc3ccncc3cc2O)nn1)[C@@H]1C[C@@]2(C)CCC[C@H](N2)[C@H]1F. The molecule has 2 aliphatic heterocycles. The number of hydrogen-bond acceptors (Lipinski definition) is 7. The van der Waals surface area contributed by atoms with E-state index in [1.165, 1.54) is 0 Å². The zero-order chi connectivity index (χ0) is 20.9. The van der Waals surface area contributed by atoms with Gasteiger partial charge in [0.2, 0.25) is 5.95 Å². The van der Waals surface area contributed by atoms with E-state index in [-0.39, 0.29) is 23.4 Å². The molecular weight excluding hydrogens is 383 g/mol. The van der Waals surface area contributed by atoms with E-state index in [9.17, 15) is 5.11 Å². The van der Waals surface area contributed by atoms with Gasteiger partial charge in [0.25, 0.3) is 0 Å². The van der Waals surface area contributed by atoms with Crippen molar-refractivity contribution in [2.45, 2.75) is 56.4 Å². The van der Waals surface area contributed by atoms with Crippen LogP contribution in [0, 0.1) is 0 Å². The van der Waals surface area contributed by atoms with Crippen LogP contribution in [0.15, 0.2) is 36.8 Å². The number of anilines is 1. The number of nitrogens with zero attached hydrogens (tertiary/aromatic N) is 5. The molecule has 4 atom stereocenters. The first kappa shape index (κ1) is 19.1. The van der Waals surface area contributed by atoms with Crippen molar-refractivity contribution >= 4 is 16.7 Å². The number of piperidine rings is 2. The molecule has 2 N–H and O–H groups in total. The maximum atomic E-state index is 15.2. The highest BCUT2D eigenvalue weighted by molar-refractivity contribution is 5.89. The largest absolute Gasteiger partial charge is 0.507 e. The van der Waals surface area contributed by atoms with Gasteiger partial charge in [-0.25, -0.2) is 9.37 Å². The van der Waals surface area contributed by atoms with Gasteiger partial charge in [0.05, 0.1) is 12.2 Å². The average molecular weight is 408 g/mol. The summed E-state index contributed by atoms with van der Waals surface area (Å²) < 4.78 is 15.2. The van der Waals surface area contributed by atoms with Gasteiger partial charge in [0.1, 0.15) is 17.6 Å². The summed E-state index contributed by atoms with van der Waals surface area (Å²) in [6.45, 7) is 2.17. The van der Waals surface area contributed by atoms with Gasteiger partial charge in [-0.1, -0.05) is 0 Å². The molecule has 2 aromatic heterocycles. The molecule has 0 spiro atoms. The molecule has 7 nitrogen and oxygen atoms in total. The van der Waals surface area contributed by atoms with Crippen molar-refractivity contribution in [3.8, 4) is 17.0 Å². The summed E-state index contributed by atoms with van der Waals surface area (Å²) in [5.41, 5.74) is 0.966. The maximum Gasteiger partial charge on any atom is 0.245 e. The van der Waals surface area contributed by atoms with E-state index in [2.05, 4.69) is 32.4 Å². The third-order valence-electron chi connectivity index (χ3n) is 6.58. The summed E-state index contributed by atoms with van der Waals surface area (Å²) in [7, 11) is 1.83. The van der Waals surface area contributed by atoms with E-state index >= 15 is 4.39 Å². The van der Waals surface area contributed by atoms with Gasteiger partial charge in [0, 0.05) is 42.0 Å². The number of nitrogens with one attached hydrogen (secondary N) is 1. The highest BCUT2D eigenvalue weighted by Gasteiger charge is 2.47. The molecule has 2 aliphatic rings. The summed E-state index contributed by atoms with van der Waals surface area (Å²) in [6, 6.07) is 4.95. The van der Waals surface area contributed by atoms with Crippen LogP contribution in [-0.2, 0) is 0 Å². The molecule has 1 aromatic carbocycles. The molecule has 5 rings (SSSR count). The van der Waals surface area contributed by atoms with Crippen molar-refractivity contribution in [2.24, 2.45) is 0 Å². The number of pyridine rings is 1. The van der Waals surface area contributed by atoms with Crippen molar-refractivity contribution in [3.63, 3.8) is 0 Å². The van der Waals surface area contributed by atoms with Crippen molar-refractivity contribution in [1.29, 1.82) is 0 Å². The molecule has 2 fully saturated rings. The molecule has 0 saturated carbocycles. The van der Waals surface area contributed by atoms with Crippen LogP contribution >= 0.6 is 0 Å². The summed E-state index contributed by atoms with van der Waals surface area (Å²) in [6.07, 6.45) is 7.67. The van der Waals surface area contributed by atoms with E-state index in [0.717, 1.165) is 30.0 Å². The summed E-state index contributed by atoms with van der Waals surface area (Å²) in [4.78, 5) is 10.3. The predicted octanol–water partition coefficient (Wildman–Crippen LogP) is 3.24. The minimum atomic E-state index is -0.982. The van der Waals surface area contributed by atoms with Crippen molar-refractivity contribution in [1.82, 2.24) is 25.5 Å². The zero-order valence-electron chi connectivity index (χ0n) is 17.1. The highest BCUT2D eigenvalue weighted by atomic mass is 19.1. The lowest BCUT2D eigenvalue weighted by Gasteiger charge is -2.51. The Balaban J connectivity index is 1.42. The monoisotopic (exact) mass is 408 g/mol. The lowest BCUT2D eigenvalue weighted by Crippen LogP contribution is -2.66. The number of rotatable bonds is 3. The van der Waals surface area contributed by atoms with Gasteiger partial charge in [-0.3, -0.25) is 4.98 Å². The molecule has 0 aliphatic carbocycles. The van der Waals surface area contributed by atoms with Gasteiger partial charge in [-0.2, -0.15) is 0 Å². The van der Waals surface area contributed by atoms with Gasteiger partial charge in [0.15, 0.2) is 0 Å². The molecule has 8 heteroatoms. The number of benzene rings is 1. The fraction of sp³-hybridized carbons (Fsp3) is 0.455. The van der Waals surface area contributed by atoms with Crippen LogP contribution in [0.2, 0.25) is 0 Å². The lowest BCUT2D eigenvalue weighted by atomic mass is 9.74. The smallest absolute Gasteiger partial charge is 0.245 e. The molecule has 2 bridgehead atoms. The number of hydrogen-bond donors (Lipinski definition) is 2. The van der Waals surface area contributed by atoms with Crippen LogP contribution in [0.25, 0.3) is 22.0 Å². The normalized spacial score (nSPS) is 28.4. The van der Waals surface area contributed by atoms with Crippen LogP contribution in [-0.4, -0.2) is 56.1 Å². The number of fused-ring (bicyclic) bond motifs is 3. The molecule has 0 radical (unpaired) electrons. The van der Waals surface area contributed by atoms with E-state index in [0.29, 0.717) is 23.6 Å². The van der Waals surface area contributed by atoms with Crippen LogP contribution in [0.5, 0.6) is 5.75 Å². The van der Waals surface area contributed by atoms with E-state index in [1.54, 1.807) is 24.7 Å². The Hall–Kier alpha value is -2.87. The summed E-state index contributed by atoms with van der Waals surface area (Å²) in [5.74, 6) is 0.482. The zero-order valence-corrected chi connectivity index (χ0v) is 17.1. The van der Waals surface area contributed by atoms with Crippen LogP contribution in [0.3, 0.4) is 0 Å². The topological polar surface area (TPSA) is 87.1 Å². The number of halogens is 1. The Morgan fingerprint density at radius 2 is 2.10 bits per heavy atom. The number of alkyl halides is 1. The first-order valence-corrected chi connectivity index (χ1v) is 10.3. The van der Waals surface area contributed by atoms with E-state index < -0.39 is 6.17 Å². The summed E-state index contributed by atoms with van der Waals surface area (Å²) >= 11 is 0. The molecule has 4 heterocycles.